The molecule has 1 aliphatic rings. The molecule has 0 N–H and O–H groups in total. The SMILES string of the molecule is CSC1=C(SC)SC(=Cc2ccc(/C=C/c3ccc(C#N)cc3)cc2)S1. The van der Waals surface area contributed by atoms with Gasteiger partial charge < -0.3 is 0 Å². The zero-order valence-corrected chi connectivity index (χ0v) is 17.7. The molecule has 0 saturated carbocycles. The Balaban J connectivity index is 1.66. The molecule has 0 radical (unpaired) electrons. The molecule has 0 atom stereocenters. The van der Waals surface area contributed by atoms with Crippen molar-refractivity contribution in [1.82, 2.24) is 0 Å². The Morgan fingerprint density at radius 1 is 0.769 bits per heavy atom. The molecule has 5 heteroatoms. The second-order valence-corrected chi connectivity index (χ2v) is 9.90. The Morgan fingerprint density at radius 2 is 1.23 bits per heavy atom. The highest BCUT2D eigenvalue weighted by Gasteiger charge is 2.19. The van der Waals surface area contributed by atoms with E-state index in [4.69, 9.17) is 5.26 Å². The minimum absolute atomic E-state index is 0.686. The normalized spacial score (nSPS) is 14.1. The molecule has 0 aromatic heterocycles. The van der Waals surface area contributed by atoms with Crippen molar-refractivity contribution >= 4 is 65.3 Å². The zero-order chi connectivity index (χ0) is 18.4. The van der Waals surface area contributed by atoms with Gasteiger partial charge in [-0.2, -0.15) is 5.26 Å². The maximum Gasteiger partial charge on any atom is 0.0991 e. The van der Waals surface area contributed by atoms with E-state index in [1.54, 1.807) is 0 Å². The van der Waals surface area contributed by atoms with E-state index >= 15 is 0 Å². The first-order chi connectivity index (χ1) is 12.7. The number of nitrogens with zero attached hydrogens (tertiary/aromatic N) is 1. The van der Waals surface area contributed by atoms with Crippen molar-refractivity contribution in [3.05, 3.63) is 83.5 Å². The average molecular weight is 412 g/mol. The minimum Gasteiger partial charge on any atom is -0.192 e. The van der Waals surface area contributed by atoms with Gasteiger partial charge in [-0.25, -0.2) is 0 Å². The molecule has 26 heavy (non-hydrogen) atoms. The Labute approximate surface area is 172 Å². The van der Waals surface area contributed by atoms with E-state index in [1.807, 2.05) is 71.3 Å². The quantitative estimate of drug-likeness (QED) is 0.478. The third kappa shape index (κ3) is 5.05. The van der Waals surface area contributed by atoms with Crippen LogP contribution in [0.5, 0.6) is 0 Å². The molecule has 2 aromatic carbocycles. The maximum absolute atomic E-state index is 8.84. The number of rotatable bonds is 5. The van der Waals surface area contributed by atoms with E-state index < -0.39 is 0 Å². The molecule has 0 aliphatic carbocycles. The number of hydrogen-bond acceptors (Lipinski definition) is 5. The van der Waals surface area contributed by atoms with Gasteiger partial charge in [0.1, 0.15) is 0 Å². The Hall–Kier alpha value is -1.45. The van der Waals surface area contributed by atoms with Crippen LogP contribution >= 0.6 is 47.0 Å². The van der Waals surface area contributed by atoms with Crippen molar-refractivity contribution in [2.45, 2.75) is 0 Å². The van der Waals surface area contributed by atoms with Crippen LogP contribution in [-0.2, 0) is 0 Å². The van der Waals surface area contributed by atoms with Gasteiger partial charge in [-0.1, -0.05) is 72.1 Å². The summed E-state index contributed by atoms with van der Waals surface area (Å²) in [6.07, 6.45) is 10.7. The third-order valence-electron chi connectivity index (χ3n) is 3.65. The highest BCUT2D eigenvalue weighted by Crippen LogP contribution is 2.56. The Morgan fingerprint density at radius 3 is 1.69 bits per heavy atom. The average Bonchev–Trinajstić information content (AvgIpc) is 3.09. The molecule has 1 heterocycles. The van der Waals surface area contributed by atoms with Crippen molar-refractivity contribution in [3.63, 3.8) is 0 Å². The Kier molecular flexibility index (Phi) is 7.04. The van der Waals surface area contributed by atoms with Gasteiger partial charge in [0.2, 0.25) is 0 Å². The van der Waals surface area contributed by atoms with Crippen LogP contribution in [0, 0.1) is 11.3 Å². The van der Waals surface area contributed by atoms with Gasteiger partial charge in [0.15, 0.2) is 0 Å². The third-order valence-corrected chi connectivity index (χ3v) is 8.74. The molecule has 130 valence electrons. The van der Waals surface area contributed by atoms with Crippen LogP contribution in [0.4, 0.5) is 0 Å². The molecule has 2 aromatic rings. The zero-order valence-electron chi connectivity index (χ0n) is 14.4. The van der Waals surface area contributed by atoms with Gasteiger partial charge >= 0.3 is 0 Å². The van der Waals surface area contributed by atoms with Crippen LogP contribution in [0.25, 0.3) is 18.2 Å². The summed E-state index contributed by atoms with van der Waals surface area (Å²) in [6.45, 7) is 0. The highest BCUT2D eigenvalue weighted by atomic mass is 32.3. The van der Waals surface area contributed by atoms with Gasteiger partial charge in [0.25, 0.3) is 0 Å². The smallest absolute Gasteiger partial charge is 0.0991 e. The predicted octanol–water partition coefficient (Wildman–Crippen LogP) is 7.36. The molecule has 0 saturated heterocycles. The summed E-state index contributed by atoms with van der Waals surface area (Å²) in [5.41, 5.74) is 4.16. The minimum atomic E-state index is 0.686. The van der Waals surface area contributed by atoms with E-state index in [0.717, 1.165) is 11.1 Å². The van der Waals surface area contributed by atoms with Crippen molar-refractivity contribution in [3.8, 4) is 6.07 Å². The number of thioether (sulfide) groups is 4. The lowest BCUT2D eigenvalue weighted by molar-refractivity contribution is 1.48. The van der Waals surface area contributed by atoms with E-state index in [1.165, 1.54) is 18.3 Å². The second-order valence-electron chi connectivity index (χ2n) is 5.38. The van der Waals surface area contributed by atoms with Crippen LogP contribution in [-0.4, -0.2) is 12.5 Å². The molecule has 0 bridgehead atoms. The summed E-state index contributed by atoms with van der Waals surface area (Å²) in [5, 5.41) is 8.84. The molecule has 1 aliphatic heterocycles. The molecule has 0 amide bonds. The summed E-state index contributed by atoms with van der Waals surface area (Å²) in [6, 6.07) is 18.3. The molecular weight excluding hydrogens is 395 g/mol. The van der Waals surface area contributed by atoms with E-state index in [2.05, 4.69) is 61.1 Å². The topological polar surface area (TPSA) is 23.8 Å². The van der Waals surface area contributed by atoms with Crippen molar-refractivity contribution in [1.29, 1.82) is 5.26 Å². The lowest BCUT2D eigenvalue weighted by atomic mass is 10.1. The fraction of sp³-hybridized carbons (Fsp3) is 0.0952. The molecule has 3 rings (SSSR count). The molecule has 0 fully saturated rings. The molecular formula is C21H17NS4. The lowest BCUT2D eigenvalue weighted by Gasteiger charge is -1.99. The van der Waals surface area contributed by atoms with Crippen LogP contribution < -0.4 is 0 Å². The summed E-state index contributed by atoms with van der Waals surface area (Å²) in [5.74, 6) is 0. The molecule has 1 nitrogen and oxygen atoms in total. The first kappa shape index (κ1) is 19.3. The van der Waals surface area contributed by atoms with Gasteiger partial charge in [0.05, 0.1) is 24.3 Å². The molecule has 0 spiro atoms. The summed E-state index contributed by atoms with van der Waals surface area (Å²) in [7, 11) is 0. The maximum atomic E-state index is 8.84. The second kappa shape index (κ2) is 9.48. The summed E-state index contributed by atoms with van der Waals surface area (Å²) < 4.78 is 4.13. The first-order valence-electron chi connectivity index (χ1n) is 7.90. The monoisotopic (exact) mass is 411 g/mol. The van der Waals surface area contributed by atoms with Gasteiger partial charge in [0, 0.05) is 0 Å². The van der Waals surface area contributed by atoms with Crippen LogP contribution in [0.15, 0.2) is 61.2 Å². The van der Waals surface area contributed by atoms with Gasteiger partial charge in [-0.05, 0) is 47.4 Å². The highest BCUT2D eigenvalue weighted by molar-refractivity contribution is 8.40. The van der Waals surface area contributed by atoms with Crippen LogP contribution in [0.3, 0.4) is 0 Å². The summed E-state index contributed by atoms with van der Waals surface area (Å²) >= 11 is 7.37. The first-order valence-corrected chi connectivity index (χ1v) is 12.0. The van der Waals surface area contributed by atoms with E-state index in [9.17, 15) is 0 Å². The van der Waals surface area contributed by atoms with Gasteiger partial charge in [-0.3, -0.25) is 0 Å². The largest absolute Gasteiger partial charge is 0.192 e. The standard InChI is InChI=1S/C21H17NS4/c1-23-20-21(24-2)26-19(25-20)13-17-9-5-15(6-10-17)3-4-16-7-11-18(14-22)12-8-16/h3-13H,1-2H3/b4-3+. The lowest BCUT2D eigenvalue weighted by Crippen LogP contribution is -1.77. The van der Waals surface area contributed by atoms with E-state index in [0.29, 0.717) is 5.56 Å². The van der Waals surface area contributed by atoms with Crippen molar-refractivity contribution in [2.24, 2.45) is 0 Å². The Bertz CT molecular complexity index is 883. The van der Waals surface area contributed by atoms with E-state index in [-0.39, 0.29) is 0 Å². The number of hydrogen-bond donors (Lipinski definition) is 0. The van der Waals surface area contributed by atoms with Crippen LogP contribution in [0.1, 0.15) is 22.3 Å². The fourth-order valence-corrected chi connectivity index (χ4v) is 7.24. The number of nitriles is 1. The van der Waals surface area contributed by atoms with Crippen molar-refractivity contribution in [2.75, 3.05) is 12.5 Å². The molecule has 0 unspecified atom stereocenters. The summed E-state index contributed by atoms with van der Waals surface area (Å²) in [4.78, 5) is 0. The number of benzene rings is 2. The predicted molar refractivity (Wildman–Crippen MR) is 124 cm³/mol. The van der Waals surface area contributed by atoms with Crippen LogP contribution in [0.2, 0.25) is 0 Å². The van der Waals surface area contributed by atoms with Gasteiger partial charge in [-0.15, -0.1) is 23.5 Å². The fourth-order valence-electron chi connectivity index (χ4n) is 2.30. The van der Waals surface area contributed by atoms with Crippen molar-refractivity contribution < 1.29 is 0 Å².